The average molecular weight is 837 g/mol. The van der Waals surface area contributed by atoms with Crippen LogP contribution in [0, 0.1) is 12.8 Å². The highest BCUT2D eigenvalue weighted by atomic mass is 16.5. The third-order valence-electron chi connectivity index (χ3n) is 12.2. The molecule has 2 aromatic carbocycles. The lowest BCUT2D eigenvalue weighted by molar-refractivity contribution is -0.120. The van der Waals surface area contributed by atoms with Crippen LogP contribution in [0.1, 0.15) is 67.7 Å². The number of carbonyl (C=O) groups excluding carboxylic acids is 3. The Morgan fingerprint density at radius 1 is 0.839 bits per heavy atom. The van der Waals surface area contributed by atoms with E-state index in [0.29, 0.717) is 37.0 Å². The number of aromatic amines is 1. The highest BCUT2D eigenvalue weighted by molar-refractivity contribution is 6.05. The van der Waals surface area contributed by atoms with Crippen LogP contribution in [0.15, 0.2) is 77.6 Å². The van der Waals surface area contributed by atoms with E-state index >= 15 is 0 Å². The summed E-state index contributed by atoms with van der Waals surface area (Å²) in [5.41, 5.74) is 8.99. The van der Waals surface area contributed by atoms with Gasteiger partial charge in [0.05, 0.1) is 23.3 Å². The van der Waals surface area contributed by atoms with E-state index < -0.39 is 0 Å². The van der Waals surface area contributed by atoms with Gasteiger partial charge in [0.2, 0.25) is 11.8 Å². The first kappa shape index (κ1) is 40.7. The monoisotopic (exact) mass is 836 g/mol. The maximum absolute atomic E-state index is 12.7. The zero-order chi connectivity index (χ0) is 43.0. The first-order valence-electron chi connectivity index (χ1n) is 21.4. The van der Waals surface area contributed by atoms with Gasteiger partial charge in [-0.05, 0) is 85.3 Å². The first-order valence-corrected chi connectivity index (χ1v) is 21.4. The number of rotatable bonds is 10. The fourth-order valence-corrected chi connectivity index (χ4v) is 8.51. The number of carbonyl (C=O) groups is 3. The van der Waals surface area contributed by atoms with Crippen molar-refractivity contribution >= 4 is 45.9 Å². The molecule has 3 aliphatic heterocycles. The van der Waals surface area contributed by atoms with Gasteiger partial charge in [0.1, 0.15) is 0 Å². The van der Waals surface area contributed by atoms with E-state index in [0.717, 1.165) is 109 Å². The molecule has 9 rings (SSSR count). The van der Waals surface area contributed by atoms with Crippen LogP contribution < -0.4 is 25.3 Å². The molecule has 3 saturated heterocycles. The van der Waals surface area contributed by atoms with E-state index in [-0.39, 0.29) is 29.1 Å². The van der Waals surface area contributed by atoms with Crippen LogP contribution in [0.4, 0.5) is 21.9 Å². The Labute approximate surface area is 360 Å². The molecule has 16 heteroatoms. The zero-order valence-corrected chi connectivity index (χ0v) is 35.6. The number of fused-ring (bicyclic) bond motifs is 1. The van der Waals surface area contributed by atoms with E-state index in [4.69, 9.17) is 9.51 Å². The maximum atomic E-state index is 12.7. The Morgan fingerprint density at radius 2 is 1.58 bits per heavy atom. The van der Waals surface area contributed by atoms with Crippen LogP contribution in [-0.4, -0.2) is 105 Å². The van der Waals surface area contributed by atoms with Crippen molar-refractivity contribution in [1.29, 1.82) is 0 Å². The van der Waals surface area contributed by atoms with Gasteiger partial charge in [0.25, 0.3) is 11.7 Å². The fourth-order valence-electron chi connectivity index (χ4n) is 8.51. The maximum Gasteiger partial charge on any atom is 0.328 e. The van der Waals surface area contributed by atoms with Crippen LogP contribution in [0.25, 0.3) is 33.5 Å². The highest BCUT2D eigenvalue weighted by Crippen LogP contribution is 2.32. The zero-order valence-electron chi connectivity index (χ0n) is 35.6. The Kier molecular flexibility index (Phi) is 11.2. The van der Waals surface area contributed by atoms with E-state index in [1.165, 1.54) is 5.69 Å². The topological polar surface area (TPSA) is 182 Å². The molecule has 4 amide bonds. The number of H-pyrrole nitrogens is 1. The number of nitrogens with one attached hydrogen (secondary N) is 3. The molecule has 0 radical (unpaired) electrons. The quantitative estimate of drug-likeness (QED) is 0.145. The van der Waals surface area contributed by atoms with Crippen molar-refractivity contribution in [2.24, 2.45) is 5.92 Å². The minimum Gasteiger partial charge on any atom is -0.372 e. The van der Waals surface area contributed by atoms with E-state index in [1.54, 1.807) is 4.90 Å². The van der Waals surface area contributed by atoms with Crippen molar-refractivity contribution in [2.45, 2.75) is 58.9 Å². The predicted octanol–water partition coefficient (Wildman–Crippen LogP) is 6.09. The summed E-state index contributed by atoms with van der Waals surface area (Å²) in [6.45, 7) is 15.7. The third kappa shape index (κ3) is 8.73. The number of nitrogens with zero attached hydrogens (tertiary/aromatic N) is 9. The number of amides is 4. The number of piperidine rings is 1. The number of urea groups is 1. The van der Waals surface area contributed by atoms with Crippen molar-refractivity contribution in [1.82, 2.24) is 45.8 Å². The predicted molar refractivity (Wildman–Crippen MR) is 237 cm³/mol. The first-order chi connectivity index (χ1) is 29.9. The molecule has 62 heavy (non-hydrogen) atoms. The van der Waals surface area contributed by atoms with Gasteiger partial charge >= 0.3 is 6.03 Å². The molecule has 16 nitrogen and oxygen atoms in total. The average Bonchev–Trinajstić information content (AvgIpc) is 3.96. The van der Waals surface area contributed by atoms with Gasteiger partial charge in [-0.2, -0.15) is 10.1 Å². The van der Waals surface area contributed by atoms with Crippen molar-refractivity contribution in [3.63, 3.8) is 0 Å². The number of anilines is 3. The number of hydrogen-bond donors (Lipinski definition) is 3. The van der Waals surface area contributed by atoms with E-state index in [9.17, 15) is 14.4 Å². The number of piperazine rings is 1. The molecular weight excluding hydrogens is 785 g/mol. The van der Waals surface area contributed by atoms with Gasteiger partial charge in [-0.1, -0.05) is 38.1 Å². The van der Waals surface area contributed by atoms with Gasteiger partial charge in [0, 0.05) is 105 Å². The molecule has 7 heterocycles. The second kappa shape index (κ2) is 17.0. The molecule has 3 aliphatic rings. The number of aromatic nitrogens is 6. The van der Waals surface area contributed by atoms with Crippen molar-refractivity contribution in [2.75, 3.05) is 67.1 Å². The van der Waals surface area contributed by atoms with Gasteiger partial charge in [-0.3, -0.25) is 34.8 Å². The van der Waals surface area contributed by atoms with Gasteiger partial charge in [0.15, 0.2) is 5.65 Å². The van der Waals surface area contributed by atoms with Crippen LogP contribution in [0.5, 0.6) is 0 Å². The minimum absolute atomic E-state index is 0.0224. The summed E-state index contributed by atoms with van der Waals surface area (Å²) < 4.78 is 5.28. The summed E-state index contributed by atoms with van der Waals surface area (Å²) >= 11 is 0. The summed E-state index contributed by atoms with van der Waals surface area (Å²) in [5.74, 6) is 0.506. The molecule has 0 saturated carbocycles. The number of benzene rings is 2. The molecular formula is C46H52N12O4. The van der Waals surface area contributed by atoms with E-state index in [2.05, 4.69) is 87.1 Å². The molecule has 3 fully saturated rings. The Morgan fingerprint density at radius 3 is 2.27 bits per heavy atom. The van der Waals surface area contributed by atoms with Gasteiger partial charge in [-0.25, -0.2) is 9.78 Å². The molecule has 320 valence electrons. The lowest BCUT2D eigenvalue weighted by Gasteiger charge is -2.40. The lowest BCUT2D eigenvalue weighted by atomic mass is 9.95. The van der Waals surface area contributed by atoms with Crippen molar-refractivity contribution < 1.29 is 18.9 Å². The summed E-state index contributed by atoms with van der Waals surface area (Å²) in [4.78, 5) is 59.4. The standard InChI is InChI=1S/C46H52N12O4/c1-29-23-31(5-6-32(29)25-49-43(60)42-51-44(62-54-42)46(2,3)4)40-37-24-33(26-48-41(37)53-52-40)38-12-11-36(27-47-38)57-21-19-55(20-22-57)28-30-13-16-56(17-14-30)34-7-9-35(10-8-34)58-18-15-39(59)50-45(58)61/h5-12,23-24,26-27,30H,13-22,25,28H2,1-4H3,(H,49,60)(H,48,52,53)(H,50,59,61). The summed E-state index contributed by atoms with van der Waals surface area (Å²) in [5, 5.41) is 17.7. The summed E-state index contributed by atoms with van der Waals surface area (Å²) in [6.07, 6.45) is 6.42. The van der Waals surface area contributed by atoms with Gasteiger partial charge in [-0.15, -0.1) is 0 Å². The normalized spacial score (nSPS) is 16.9. The molecule has 0 unspecified atom stereocenters. The second-order valence-electron chi connectivity index (χ2n) is 17.6. The summed E-state index contributed by atoms with van der Waals surface area (Å²) in [7, 11) is 0. The molecule has 0 aliphatic carbocycles. The van der Waals surface area contributed by atoms with Crippen LogP contribution in [0.2, 0.25) is 0 Å². The van der Waals surface area contributed by atoms with Crippen molar-refractivity contribution in [3.8, 4) is 22.5 Å². The van der Waals surface area contributed by atoms with Crippen LogP contribution in [-0.2, 0) is 16.8 Å². The van der Waals surface area contributed by atoms with Gasteiger partial charge < -0.3 is 19.6 Å². The lowest BCUT2D eigenvalue weighted by Crippen LogP contribution is -2.49. The molecule has 0 spiro atoms. The second-order valence-corrected chi connectivity index (χ2v) is 17.6. The van der Waals surface area contributed by atoms with Crippen LogP contribution >= 0.6 is 0 Å². The molecule has 4 aromatic heterocycles. The smallest absolute Gasteiger partial charge is 0.328 e. The van der Waals surface area contributed by atoms with Crippen molar-refractivity contribution in [3.05, 3.63) is 95.9 Å². The Bertz CT molecular complexity index is 2580. The molecule has 3 N–H and O–H groups in total. The van der Waals surface area contributed by atoms with Crippen LogP contribution in [0.3, 0.4) is 0 Å². The highest BCUT2D eigenvalue weighted by Gasteiger charge is 2.27. The summed E-state index contributed by atoms with van der Waals surface area (Å²) in [6, 6.07) is 20.2. The number of imide groups is 1. The molecule has 0 atom stereocenters. The number of pyridine rings is 2. The number of hydrogen-bond acceptors (Lipinski definition) is 12. The largest absolute Gasteiger partial charge is 0.372 e. The Hall–Kier alpha value is -6.68. The SMILES string of the molecule is Cc1cc(-c2[nH]nc3ncc(-c4ccc(N5CCN(CC6CCN(c7ccc(N8CCC(=O)NC8=O)cc7)CC6)CC5)cn4)cc23)ccc1CNC(=O)c1noc(C(C)(C)C)n1. The Balaban J connectivity index is 0.759. The minimum atomic E-state index is -0.385. The molecule has 0 bridgehead atoms. The van der Waals surface area contributed by atoms with E-state index in [1.807, 2.05) is 64.4 Å². The fraction of sp³-hybridized carbons (Fsp3) is 0.391. The third-order valence-corrected chi connectivity index (χ3v) is 12.2. The molecule has 6 aromatic rings. The number of aryl methyl sites for hydroxylation is 1.